The Hall–Kier alpha value is -1.00. The predicted octanol–water partition coefficient (Wildman–Crippen LogP) is 2.30. The minimum Gasteiger partial charge on any atom is -0.490 e. The number of halogens is 1. The number of nitrogens with one attached hydrogen (secondary N) is 2. The van der Waals surface area contributed by atoms with E-state index >= 15 is 0 Å². The summed E-state index contributed by atoms with van der Waals surface area (Å²) in [5, 5.41) is 7.03. The van der Waals surface area contributed by atoms with Crippen molar-refractivity contribution in [1.29, 1.82) is 0 Å². The standard InChI is InChI=1S/C12H18ClN3O/c1-2-14-11-6-10(7-16-12(11)13)17-8-9-4-3-5-15-9/h6-7,9,14-15H,2-5,8H2,1H3. The van der Waals surface area contributed by atoms with Crippen molar-refractivity contribution >= 4 is 17.3 Å². The maximum Gasteiger partial charge on any atom is 0.152 e. The van der Waals surface area contributed by atoms with Gasteiger partial charge in [0.2, 0.25) is 0 Å². The SMILES string of the molecule is CCNc1cc(OCC2CCCN2)cnc1Cl. The summed E-state index contributed by atoms with van der Waals surface area (Å²) in [5.74, 6) is 0.763. The van der Waals surface area contributed by atoms with E-state index in [4.69, 9.17) is 16.3 Å². The van der Waals surface area contributed by atoms with Crippen molar-refractivity contribution in [2.75, 3.05) is 25.0 Å². The highest BCUT2D eigenvalue weighted by atomic mass is 35.5. The molecule has 0 bridgehead atoms. The first-order valence-corrected chi connectivity index (χ1v) is 6.43. The number of nitrogens with zero attached hydrogens (tertiary/aromatic N) is 1. The van der Waals surface area contributed by atoms with E-state index in [9.17, 15) is 0 Å². The van der Waals surface area contributed by atoms with Crippen molar-refractivity contribution in [1.82, 2.24) is 10.3 Å². The molecule has 1 aliphatic heterocycles. The van der Waals surface area contributed by atoms with Gasteiger partial charge in [-0.15, -0.1) is 0 Å². The molecule has 1 unspecified atom stereocenters. The summed E-state index contributed by atoms with van der Waals surface area (Å²) >= 11 is 5.96. The molecule has 1 atom stereocenters. The van der Waals surface area contributed by atoms with Gasteiger partial charge >= 0.3 is 0 Å². The third kappa shape index (κ3) is 3.48. The van der Waals surface area contributed by atoms with Crippen LogP contribution >= 0.6 is 11.6 Å². The van der Waals surface area contributed by atoms with Crippen molar-refractivity contribution in [3.63, 3.8) is 0 Å². The van der Waals surface area contributed by atoms with Crippen molar-refractivity contribution in [3.05, 3.63) is 17.4 Å². The van der Waals surface area contributed by atoms with Crippen molar-refractivity contribution in [2.45, 2.75) is 25.8 Å². The van der Waals surface area contributed by atoms with Crippen LogP contribution in [0.1, 0.15) is 19.8 Å². The Morgan fingerprint density at radius 2 is 2.53 bits per heavy atom. The molecule has 0 saturated carbocycles. The average molecular weight is 256 g/mol. The normalized spacial score (nSPS) is 19.3. The van der Waals surface area contributed by atoms with Gasteiger partial charge in [-0.05, 0) is 26.3 Å². The zero-order valence-electron chi connectivity index (χ0n) is 10.0. The zero-order valence-corrected chi connectivity index (χ0v) is 10.8. The molecule has 1 aromatic rings. The Balaban J connectivity index is 1.93. The van der Waals surface area contributed by atoms with Gasteiger partial charge in [-0.1, -0.05) is 11.6 Å². The molecule has 0 aromatic carbocycles. The number of pyridine rings is 1. The minimum absolute atomic E-state index is 0.466. The number of anilines is 1. The van der Waals surface area contributed by atoms with E-state index < -0.39 is 0 Å². The summed E-state index contributed by atoms with van der Waals surface area (Å²) in [6, 6.07) is 2.36. The molecule has 1 fully saturated rings. The van der Waals surface area contributed by atoms with Crippen LogP contribution in [-0.4, -0.2) is 30.7 Å². The molecule has 5 heteroatoms. The van der Waals surface area contributed by atoms with Gasteiger partial charge in [-0.3, -0.25) is 0 Å². The number of ether oxygens (including phenoxy) is 1. The summed E-state index contributed by atoms with van der Waals surface area (Å²) in [5.41, 5.74) is 0.825. The number of hydrogen-bond donors (Lipinski definition) is 2. The van der Waals surface area contributed by atoms with Gasteiger partial charge in [0.15, 0.2) is 5.15 Å². The number of hydrogen-bond acceptors (Lipinski definition) is 4. The van der Waals surface area contributed by atoms with Crippen LogP contribution in [0, 0.1) is 0 Å². The van der Waals surface area contributed by atoms with Gasteiger partial charge in [-0.2, -0.15) is 0 Å². The summed E-state index contributed by atoms with van der Waals surface area (Å²) in [7, 11) is 0. The Bertz CT molecular complexity index is 367. The molecule has 1 aliphatic rings. The van der Waals surface area contributed by atoms with Crippen molar-refractivity contribution < 1.29 is 4.74 Å². The molecule has 17 heavy (non-hydrogen) atoms. The lowest BCUT2D eigenvalue weighted by Crippen LogP contribution is -2.28. The van der Waals surface area contributed by atoms with Gasteiger partial charge in [0.1, 0.15) is 12.4 Å². The van der Waals surface area contributed by atoms with Gasteiger partial charge in [-0.25, -0.2) is 4.98 Å². The van der Waals surface area contributed by atoms with Gasteiger partial charge in [0.25, 0.3) is 0 Å². The van der Waals surface area contributed by atoms with Crippen LogP contribution in [0.15, 0.2) is 12.3 Å². The average Bonchev–Trinajstić information content (AvgIpc) is 2.83. The first-order chi connectivity index (χ1) is 8.29. The maximum atomic E-state index is 5.96. The summed E-state index contributed by atoms with van der Waals surface area (Å²) in [6.07, 6.45) is 4.08. The molecule has 94 valence electrons. The molecule has 1 saturated heterocycles. The van der Waals surface area contributed by atoms with Crippen molar-refractivity contribution in [2.24, 2.45) is 0 Å². The molecule has 0 amide bonds. The van der Waals surface area contributed by atoms with Crippen LogP contribution in [-0.2, 0) is 0 Å². The van der Waals surface area contributed by atoms with E-state index in [0.717, 1.165) is 24.5 Å². The van der Waals surface area contributed by atoms with E-state index in [2.05, 4.69) is 15.6 Å². The predicted molar refractivity (Wildman–Crippen MR) is 69.9 cm³/mol. The fourth-order valence-electron chi connectivity index (χ4n) is 1.92. The first-order valence-electron chi connectivity index (χ1n) is 6.05. The molecule has 4 nitrogen and oxygen atoms in total. The highest BCUT2D eigenvalue weighted by molar-refractivity contribution is 6.32. The molecule has 2 rings (SSSR count). The highest BCUT2D eigenvalue weighted by Crippen LogP contribution is 2.24. The Morgan fingerprint density at radius 1 is 1.65 bits per heavy atom. The van der Waals surface area contributed by atoms with Crippen LogP contribution in [0.25, 0.3) is 0 Å². The molecular weight excluding hydrogens is 238 g/mol. The molecule has 2 N–H and O–H groups in total. The largest absolute Gasteiger partial charge is 0.490 e. The van der Waals surface area contributed by atoms with Gasteiger partial charge < -0.3 is 15.4 Å². The maximum absolute atomic E-state index is 5.96. The summed E-state index contributed by atoms with van der Waals surface area (Å²) in [4.78, 5) is 4.10. The second-order valence-electron chi connectivity index (χ2n) is 4.14. The van der Waals surface area contributed by atoms with E-state index in [1.165, 1.54) is 12.8 Å². The molecule has 0 radical (unpaired) electrons. The van der Waals surface area contributed by atoms with Crippen molar-refractivity contribution in [3.8, 4) is 5.75 Å². The third-order valence-electron chi connectivity index (χ3n) is 2.79. The summed E-state index contributed by atoms with van der Waals surface area (Å²) in [6.45, 7) is 4.62. The van der Waals surface area contributed by atoms with E-state index in [-0.39, 0.29) is 0 Å². The van der Waals surface area contributed by atoms with Crippen LogP contribution < -0.4 is 15.4 Å². The highest BCUT2D eigenvalue weighted by Gasteiger charge is 2.14. The zero-order chi connectivity index (χ0) is 12.1. The van der Waals surface area contributed by atoms with E-state index in [1.54, 1.807) is 6.20 Å². The second kappa shape index (κ2) is 6.07. The lowest BCUT2D eigenvalue weighted by molar-refractivity contribution is 0.276. The molecule has 0 spiro atoms. The monoisotopic (exact) mass is 255 g/mol. The lowest BCUT2D eigenvalue weighted by Gasteiger charge is -2.13. The van der Waals surface area contributed by atoms with E-state index in [0.29, 0.717) is 17.8 Å². The second-order valence-corrected chi connectivity index (χ2v) is 4.50. The molecule has 1 aromatic heterocycles. The van der Waals surface area contributed by atoms with Crippen LogP contribution in [0.2, 0.25) is 5.15 Å². The lowest BCUT2D eigenvalue weighted by atomic mass is 10.2. The topological polar surface area (TPSA) is 46.2 Å². The molecule has 0 aliphatic carbocycles. The number of aromatic nitrogens is 1. The Labute approximate surface area is 107 Å². The molecule has 2 heterocycles. The Kier molecular flexibility index (Phi) is 4.45. The van der Waals surface area contributed by atoms with Crippen LogP contribution in [0.3, 0.4) is 0 Å². The van der Waals surface area contributed by atoms with Crippen LogP contribution in [0.4, 0.5) is 5.69 Å². The van der Waals surface area contributed by atoms with Gasteiger partial charge in [0, 0.05) is 18.7 Å². The van der Waals surface area contributed by atoms with Crippen LogP contribution in [0.5, 0.6) is 5.75 Å². The Morgan fingerprint density at radius 3 is 3.24 bits per heavy atom. The molecular formula is C12H18ClN3O. The fourth-order valence-corrected chi connectivity index (χ4v) is 2.09. The number of rotatable bonds is 5. The quantitative estimate of drug-likeness (QED) is 0.793. The first kappa shape index (κ1) is 12.5. The smallest absolute Gasteiger partial charge is 0.152 e. The summed E-state index contributed by atoms with van der Waals surface area (Å²) < 4.78 is 5.71. The minimum atomic E-state index is 0.466. The third-order valence-corrected chi connectivity index (χ3v) is 3.10. The van der Waals surface area contributed by atoms with E-state index in [1.807, 2.05) is 13.0 Å². The fraction of sp³-hybridized carbons (Fsp3) is 0.583. The van der Waals surface area contributed by atoms with Gasteiger partial charge in [0.05, 0.1) is 11.9 Å².